The quantitative estimate of drug-likeness (QED) is 0.350. The molecule has 0 unspecified atom stereocenters. The van der Waals surface area contributed by atoms with E-state index in [1.54, 1.807) is 13.2 Å². The van der Waals surface area contributed by atoms with Crippen molar-refractivity contribution in [3.63, 3.8) is 0 Å². The van der Waals surface area contributed by atoms with Gasteiger partial charge >= 0.3 is 0 Å². The number of rotatable bonds is 5. The first-order valence-electron chi connectivity index (χ1n) is 7.98. The molecule has 8 heteroatoms. The van der Waals surface area contributed by atoms with E-state index >= 15 is 0 Å². The molecule has 2 aromatic carbocycles. The molecule has 0 spiro atoms. The van der Waals surface area contributed by atoms with Gasteiger partial charge in [-0.05, 0) is 64.8 Å². The number of amides is 1. The van der Waals surface area contributed by atoms with Crippen molar-refractivity contribution in [3.05, 3.63) is 55.8 Å². The number of carbonyl (C=O) groups is 1. The summed E-state index contributed by atoms with van der Waals surface area (Å²) in [6.07, 6.45) is 1.81. The van der Waals surface area contributed by atoms with Crippen molar-refractivity contribution in [1.82, 2.24) is 0 Å². The molecule has 1 heterocycles. The molecule has 0 bridgehead atoms. The predicted octanol–water partition coefficient (Wildman–Crippen LogP) is 6.02. The average Bonchev–Trinajstić information content (AvgIpc) is 2.90. The topological polar surface area (TPSA) is 38.8 Å². The lowest BCUT2D eigenvalue weighted by Crippen LogP contribution is -2.27. The third-order valence-corrected chi connectivity index (χ3v) is 6.08. The van der Waals surface area contributed by atoms with Gasteiger partial charge in [0.05, 0.1) is 28.8 Å². The molecule has 0 aromatic heterocycles. The zero-order chi connectivity index (χ0) is 19.6. The summed E-state index contributed by atoms with van der Waals surface area (Å²) in [6.45, 7) is 2.44. The smallest absolute Gasteiger partial charge is 0.270 e. The van der Waals surface area contributed by atoms with Crippen LogP contribution >= 0.6 is 55.8 Å². The normalized spacial score (nSPS) is 15.6. The van der Waals surface area contributed by atoms with E-state index in [1.165, 1.54) is 16.7 Å². The molecule has 3 rings (SSSR count). The van der Waals surface area contributed by atoms with Crippen LogP contribution in [0.15, 0.2) is 50.2 Å². The molecule has 0 radical (unpaired) electrons. The second-order valence-corrected chi connectivity index (χ2v) is 8.91. The van der Waals surface area contributed by atoms with Gasteiger partial charge in [-0.3, -0.25) is 9.69 Å². The van der Waals surface area contributed by atoms with Crippen LogP contribution in [0, 0.1) is 0 Å². The Balaban J connectivity index is 1.95. The Hall–Kier alpha value is -1.35. The molecular formula is C19H15Br2NO3S2. The number of nitrogens with zero attached hydrogens (tertiary/aromatic N) is 1. The Labute approximate surface area is 184 Å². The summed E-state index contributed by atoms with van der Waals surface area (Å²) < 4.78 is 13.2. The van der Waals surface area contributed by atoms with E-state index in [9.17, 15) is 4.79 Å². The fraction of sp³-hybridized carbons (Fsp3) is 0.158. The van der Waals surface area contributed by atoms with Crippen LogP contribution in [0.3, 0.4) is 0 Å². The van der Waals surface area contributed by atoms with Crippen molar-refractivity contribution in [1.29, 1.82) is 0 Å². The fourth-order valence-corrected chi connectivity index (χ4v) is 4.82. The van der Waals surface area contributed by atoms with Gasteiger partial charge in [-0.2, -0.15) is 0 Å². The zero-order valence-corrected chi connectivity index (χ0v) is 19.3. The van der Waals surface area contributed by atoms with Crippen LogP contribution < -0.4 is 14.4 Å². The lowest BCUT2D eigenvalue weighted by molar-refractivity contribution is -0.113. The summed E-state index contributed by atoms with van der Waals surface area (Å²) in [5.74, 6) is 1.09. The second-order valence-electron chi connectivity index (χ2n) is 5.46. The van der Waals surface area contributed by atoms with Gasteiger partial charge in [0.15, 0.2) is 15.8 Å². The van der Waals surface area contributed by atoms with Crippen molar-refractivity contribution < 1.29 is 14.3 Å². The Bertz CT molecular complexity index is 947. The average molecular weight is 529 g/mol. The second kappa shape index (κ2) is 8.77. The van der Waals surface area contributed by atoms with Crippen molar-refractivity contribution in [2.75, 3.05) is 18.6 Å². The molecule has 0 aliphatic carbocycles. The monoisotopic (exact) mass is 527 g/mol. The maximum absolute atomic E-state index is 12.9. The van der Waals surface area contributed by atoms with Crippen LogP contribution in [-0.4, -0.2) is 23.9 Å². The third kappa shape index (κ3) is 4.39. The fourth-order valence-electron chi connectivity index (χ4n) is 2.56. The molecule has 1 aliphatic rings. The maximum atomic E-state index is 12.9. The molecule has 4 nitrogen and oxygen atoms in total. The van der Waals surface area contributed by atoms with E-state index < -0.39 is 0 Å². The molecule has 1 aliphatic heterocycles. The number of ether oxygens (including phenoxy) is 2. The number of hydrogen-bond donors (Lipinski definition) is 0. The van der Waals surface area contributed by atoms with Gasteiger partial charge in [0.2, 0.25) is 0 Å². The molecule has 27 heavy (non-hydrogen) atoms. The SMILES string of the molecule is CCOc1c(Br)cc(/C=C2/SC(=S)N(c3cccc(Br)c3)C2=O)cc1OC. The van der Waals surface area contributed by atoms with Gasteiger partial charge in [0.25, 0.3) is 5.91 Å². The minimum Gasteiger partial charge on any atom is -0.493 e. The van der Waals surface area contributed by atoms with Crippen LogP contribution in [0.4, 0.5) is 5.69 Å². The zero-order valence-electron chi connectivity index (χ0n) is 14.5. The molecule has 1 fully saturated rings. The first kappa shape index (κ1) is 20.4. The maximum Gasteiger partial charge on any atom is 0.270 e. The van der Waals surface area contributed by atoms with Gasteiger partial charge in [-0.25, -0.2) is 0 Å². The first-order valence-corrected chi connectivity index (χ1v) is 10.8. The Kier molecular flexibility index (Phi) is 6.62. The number of thioether (sulfide) groups is 1. The standard InChI is InChI=1S/C19H15Br2NO3S2/c1-3-25-17-14(21)7-11(8-15(17)24-2)9-16-18(23)22(19(26)27-16)13-6-4-5-12(20)10-13/h4-10H,3H2,1-2H3/b16-9+. The van der Waals surface area contributed by atoms with Crippen LogP contribution in [0.25, 0.3) is 6.08 Å². The summed E-state index contributed by atoms with van der Waals surface area (Å²) in [5, 5.41) is 0. The lowest BCUT2D eigenvalue weighted by Gasteiger charge is -2.14. The van der Waals surface area contributed by atoms with E-state index in [2.05, 4.69) is 31.9 Å². The highest BCUT2D eigenvalue weighted by Gasteiger charge is 2.33. The van der Waals surface area contributed by atoms with E-state index in [4.69, 9.17) is 21.7 Å². The van der Waals surface area contributed by atoms with Gasteiger partial charge in [-0.15, -0.1) is 0 Å². The van der Waals surface area contributed by atoms with E-state index in [0.29, 0.717) is 27.3 Å². The number of carbonyl (C=O) groups excluding carboxylic acids is 1. The first-order chi connectivity index (χ1) is 12.9. The summed E-state index contributed by atoms with van der Waals surface area (Å²) in [4.78, 5) is 15.0. The molecule has 1 saturated heterocycles. The van der Waals surface area contributed by atoms with Crippen molar-refractivity contribution in [2.24, 2.45) is 0 Å². The Morgan fingerprint density at radius 3 is 2.70 bits per heavy atom. The highest BCUT2D eigenvalue weighted by atomic mass is 79.9. The number of thiocarbonyl (C=S) groups is 1. The van der Waals surface area contributed by atoms with Gasteiger partial charge in [-0.1, -0.05) is 46.0 Å². The van der Waals surface area contributed by atoms with E-state index in [0.717, 1.165) is 20.2 Å². The number of methoxy groups -OCH3 is 1. The highest BCUT2D eigenvalue weighted by Crippen LogP contribution is 2.40. The Morgan fingerprint density at radius 2 is 2.04 bits per heavy atom. The highest BCUT2D eigenvalue weighted by molar-refractivity contribution is 9.10. The molecule has 0 atom stereocenters. The van der Waals surface area contributed by atoms with Gasteiger partial charge in [0.1, 0.15) is 0 Å². The predicted molar refractivity (Wildman–Crippen MR) is 122 cm³/mol. The van der Waals surface area contributed by atoms with Gasteiger partial charge in [0, 0.05) is 4.47 Å². The van der Waals surface area contributed by atoms with Crippen LogP contribution in [0.1, 0.15) is 12.5 Å². The largest absolute Gasteiger partial charge is 0.493 e. The summed E-state index contributed by atoms with van der Waals surface area (Å²) in [6, 6.07) is 11.2. The van der Waals surface area contributed by atoms with Crippen molar-refractivity contribution in [3.8, 4) is 11.5 Å². The summed E-state index contributed by atoms with van der Waals surface area (Å²) in [5.41, 5.74) is 1.55. The minimum absolute atomic E-state index is 0.146. The third-order valence-electron chi connectivity index (χ3n) is 3.70. The van der Waals surface area contributed by atoms with Crippen LogP contribution in [0.5, 0.6) is 11.5 Å². The van der Waals surface area contributed by atoms with Crippen LogP contribution in [0.2, 0.25) is 0 Å². The molecule has 2 aromatic rings. The van der Waals surface area contributed by atoms with E-state index in [-0.39, 0.29) is 5.91 Å². The Morgan fingerprint density at radius 1 is 1.26 bits per heavy atom. The number of benzene rings is 2. The summed E-state index contributed by atoms with van der Waals surface area (Å²) in [7, 11) is 1.58. The molecule has 140 valence electrons. The van der Waals surface area contributed by atoms with Crippen molar-refractivity contribution >= 4 is 77.8 Å². The van der Waals surface area contributed by atoms with Crippen molar-refractivity contribution in [2.45, 2.75) is 6.92 Å². The number of anilines is 1. The van der Waals surface area contributed by atoms with Crippen LogP contribution in [-0.2, 0) is 4.79 Å². The van der Waals surface area contributed by atoms with Gasteiger partial charge < -0.3 is 9.47 Å². The summed E-state index contributed by atoms with van der Waals surface area (Å²) >= 11 is 13.6. The number of hydrogen-bond acceptors (Lipinski definition) is 5. The minimum atomic E-state index is -0.146. The van der Waals surface area contributed by atoms with E-state index in [1.807, 2.05) is 43.3 Å². The molecular weight excluding hydrogens is 514 g/mol. The molecule has 0 N–H and O–H groups in total. The lowest BCUT2D eigenvalue weighted by atomic mass is 10.1. The number of halogens is 2. The molecule has 0 saturated carbocycles. The molecule has 1 amide bonds.